The van der Waals surface area contributed by atoms with Gasteiger partial charge in [-0.1, -0.05) is 23.7 Å². The number of amides is 2. The predicted molar refractivity (Wildman–Crippen MR) is 112 cm³/mol. The third-order valence-electron chi connectivity index (χ3n) is 3.93. The van der Waals surface area contributed by atoms with Crippen LogP contribution in [-0.4, -0.2) is 28.7 Å². The molecule has 2 aromatic heterocycles. The fraction of sp³-hybridized carbons (Fsp3) is 0.211. The molecule has 0 aliphatic rings. The molecule has 27 heavy (non-hydrogen) atoms. The Hall–Kier alpha value is -2.22. The van der Waals surface area contributed by atoms with E-state index in [0.717, 1.165) is 15.4 Å². The van der Waals surface area contributed by atoms with E-state index in [1.54, 1.807) is 11.9 Å². The lowest BCUT2D eigenvalue weighted by atomic mass is 10.2. The average Bonchev–Trinajstić information content (AvgIpc) is 3.21. The predicted octanol–water partition coefficient (Wildman–Crippen LogP) is 5.06. The zero-order valence-corrected chi connectivity index (χ0v) is 17.5. The summed E-state index contributed by atoms with van der Waals surface area (Å²) in [7, 11) is 1.74. The summed E-state index contributed by atoms with van der Waals surface area (Å²) in [4.78, 5) is 31.7. The van der Waals surface area contributed by atoms with E-state index < -0.39 is 0 Å². The van der Waals surface area contributed by atoms with Crippen molar-refractivity contribution in [1.82, 2.24) is 9.88 Å². The van der Waals surface area contributed by atoms with Crippen molar-refractivity contribution in [3.63, 3.8) is 0 Å². The van der Waals surface area contributed by atoms with Gasteiger partial charge in [0, 0.05) is 26.2 Å². The molecular weight excluding hydrogens is 402 g/mol. The Morgan fingerprint density at radius 2 is 2.00 bits per heavy atom. The van der Waals surface area contributed by atoms with Crippen molar-refractivity contribution in [2.45, 2.75) is 20.4 Å². The maximum Gasteiger partial charge on any atom is 0.267 e. The molecule has 0 aliphatic heterocycles. The Morgan fingerprint density at radius 3 is 2.67 bits per heavy atom. The number of anilines is 1. The molecule has 0 saturated heterocycles. The molecule has 0 bridgehead atoms. The fourth-order valence-electron chi connectivity index (χ4n) is 2.46. The Labute approximate surface area is 170 Å². The Bertz CT molecular complexity index is 997. The molecular formula is C19H18ClN3O2S2. The molecule has 1 aromatic carbocycles. The van der Waals surface area contributed by atoms with Gasteiger partial charge in [0.05, 0.1) is 14.9 Å². The van der Waals surface area contributed by atoms with E-state index in [2.05, 4.69) is 10.3 Å². The van der Waals surface area contributed by atoms with E-state index in [-0.39, 0.29) is 11.8 Å². The number of nitrogens with zero attached hydrogens (tertiary/aromatic N) is 2. The van der Waals surface area contributed by atoms with Gasteiger partial charge >= 0.3 is 0 Å². The molecule has 0 atom stereocenters. The first-order valence-electron chi connectivity index (χ1n) is 8.18. The smallest absolute Gasteiger partial charge is 0.267 e. The van der Waals surface area contributed by atoms with Crippen LogP contribution in [-0.2, 0) is 11.3 Å². The van der Waals surface area contributed by atoms with Gasteiger partial charge in [-0.3, -0.25) is 9.59 Å². The summed E-state index contributed by atoms with van der Waals surface area (Å²) in [5, 5.41) is 3.70. The number of hydrogen-bond donors (Lipinski definition) is 1. The number of hydrogen-bond acceptors (Lipinski definition) is 5. The van der Waals surface area contributed by atoms with Crippen molar-refractivity contribution < 1.29 is 9.59 Å². The third kappa shape index (κ3) is 4.74. The van der Waals surface area contributed by atoms with E-state index >= 15 is 0 Å². The zero-order chi connectivity index (χ0) is 19.6. The van der Waals surface area contributed by atoms with Crippen LogP contribution in [0.3, 0.4) is 0 Å². The van der Waals surface area contributed by atoms with Gasteiger partial charge in [-0.25, -0.2) is 4.98 Å². The van der Waals surface area contributed by atoms with Gasteiger partial charge in [-0.2, -0.15) is 0 Å². The second-order valence-corrected chi connectivity index (χ2v) is 8.78. The molecule has 0 radical (unpaired) electrons. The summed E-state index contributed by atoms with van der Waals surface area (Å²) in [5.41, 5.74) is 2.31. The molecule has 0 fully saturated rings. The lowest BCUT2D eigenvalue weighted by Crippen LogP contribution is -2.23. The minimum Gasteiger partial charge on any atom is -0.342 e. The van der Waals surface area contributed by atoms with E-state index in [0.29, 0.717) is 27.1 Å². The van der Waals surface area contributed by atoms with E-state index in [4.69, 9.17) is 11.6 Å². The van der Waals surface area contributed by atoms with Crippen LogP contribution < -0.4 is 5.32 Å². The second kappa shape index (κ2) is 8.21. The molecule has 2 amide bonds. The molecule has 8 heteroatoms. The van der Waals surface area contributed by atoms with Crippen LogP contribution in [0.25, 0.3) is 9.88 Å². The van der Waals surface area contributed by atoms with E-state index in [1.165, 1.54) is 29.6 Å². The van der Waals surface area contributed by atoms with Gasteiger partial charge in [0.25, 0.3) is 5.91 Å². The molecule has 5 nitrogen and oxygen atoms in total. The molecule has 1 N–H and O–H groups in total. The number of nitrogens with one attached hydrogen (secondary N) is 1. The van der Waals surface area contributed by atoms with Crippen LogP contribution in [0.4, 0.5) is 5.69 Å². The Balaban J connectivity index is 1.76. The normalized spacial score (nSPS) is 10.7. The summed E-state index contributed by atoms with van der Waals surface area (Å²) >= 11 is 8.77. The highest BCUT2D eigenvalue weighted by atomic mass is 35.5. The third-order valence-corrected chi connectivity index (χ3v) is 6.49. The number of carbonyl (C=O) groups is 2. The van der Waals surface area contributed by atoms with Crippen molar-refractivity contribution in [2.24, 2.45) is 0 Å². The highest BCUT2D eigenvalue weighted by Gasteiger charge is 2.17. The molecule has 0 aliphatic carbocycles. The molecule has 3 aromatic rings. The number of aromatic nitrogens is 1. The molecule has 0 unspecified atom stereocenters. The zero-order valence-electron chi connectivity index (χ0n) is 15.1. The Kier molecular flexibility index (Phi) is 5.94. The number of rotatable bonds is 5. The van der Waals surface area contributed by atoms with Crippen molar-refractivity contribution in [2.75, 3.05) is 12.4 Å². The van der Waals surface area contributed by atoms with Crippen molar-refractivity contribution in [1.29, 1.82) is 0 Å². The number of halogens is 1. The minimum atomic E-state index is -0.198. The quantitative estimate of drug-likeness (QED) is 0.628. The van der Waals surface area contributed by atoms with E-state index in [9.17, 15) is 9.59 Å². The van der Waals surface area contributed by atoms with Crippen LogP contribution >= 0.6 is 34.3 Å². The van der Waals surface area contributed by atoms with E-state index in [1.807, 2.05) is 43.3 Å². The summed E-state index contributed by atoms with van der Waals surface area (Å²) < 4.78 is 0.691. The van der Waals surface area contributed by atoms with Gasteiger partial charge in [-0.05, 0) is 36.8 Å². The monoisotopic (exact) mass is 419 g/mol. The van der Waals surface area contributed by atoms with Crippen LogP contribution in [0.2, 0.25) is 4.34 Å². The van der Waals surface area contributed by atoms with Crippen LogP contribution in [0, 0.1) is 6.92 Å². The van der Waals surface area contributed by atoms with Crippen LogP contribution in [0.15, 0.2) is 36.4 Å². The van der Waals surface area contributed by atoms with Gasteiger partial charge in [0.1, 0.15) is 9.88 Å². The highest BCUT2D eigenvalue weighted by molar-refractivity contribution is 7.24. The lowest BCUT2D eigenvalue weighted by molar-refractivity contribution is -0.128. The topological polar surface area (TPSA) is 62.3 Å². The fourth-order valence-corrected chi connectivity index (χ4v) is 4.52. The molecule has 3 rings (SSSR count). The standard InChI is InChI=1S/C19H18ClN3O2S2/c1-11-17(27-19(21-11)15-7-8-16(20)26-15)18(25)22-14-6-4-5-13(9-14)10-23(3)12(2)24/h4-9H,10H2,1-3H3,(H,22,25). The number of thiazole rings is 1. The second-order valence-electron chi connectivity index (χ2n) is 6.07. The number of benzene rings is 1. The average molecular weight is 420 g/mol. The highest BCUT2D eigenvalue weighted by Crippen LogP contribution is 2.35. The largest absolute Gasteiger partial charge is 0.342 e. The molecule has 140 valence electrons. The van der Waals surface area contributed by atoms with Crippen molar-refractivity contribution in [3.8, 4) is 9.88 Å². The van der Waals surface area contributed by atoms with Crippen LogP contribution in [0.5, 0.6) is 0 Å². The SMILES string of the molecule is CC(=O)N(C)Cc1cccc(NC(=O)c2sc(-c3ccc(Cl)s3)nc2C)c1. The number of aryl methyl sites for hydroxylation is 1. The number of carbonyl (C=O) groups excluding carboxylic acids is 2. The molecule has 0 spiro atoms. The first-order chi connectivity index (χ1) is 12.8. The molecule has 0 saturated carbocycles. The van der Waals surface area contributed by atoms with Gasteiger partial charge in [0.2, 0.25) is 5.91 Å². The van der Waals surface area contributed by atoms with Gasteiger partial charge in [-0.15, -0.1) is 22.7 Å². The summed E-state index contributed by atoms with van der Waals surface area (Å²) in [6.07, 6.45) is 0. The molecule has 2 heterocycles. The Morgan fingerprint density at radius 1 is 1.22 bits per heavy atom. The summed E-state index contributed by atoms with van der Waals surface area (Å²) in [6.45, 7) is 3.83. The summed E-state index contributed by atoms with van der Waals surface area (Å²) in [6, 6.07) is 11.2. The maximum absolute atomic E-state index is 12.7. The van der Waals surface area contributed by atoms with Crippen LogP contribution in [0.1, 0.15) is 27.9 Å². The first-order valence-corrected chi connectivity index (χ1v) is 10.2. The van der Waals surface area contributed by atoms with Crippen molar-refractivity contribution in [3.05, 3.63) is 56.9 Å². The lowest BCUT2D eigenvalue weighted by Gasteiger charge is -2.15. The summed E-state index contributed by atoms with van der Waals surface area (Å²) in [5.74, 6) is -0.207. The number of thiophene rings is 1. The van der Waals surface area contributed by atoms with Crippen molar-refractivity contribution >= 4 is 51.8 Å². The minimum absolute atomic E-state index is 0.00840. The van der Waals surface area contributed by atoms with Gasteiger partial charge < -0.3 is 10.2 Å². The first kappa shape index (κ1) is 19.5. The van der Waals surface area contributed by atoms with Gasteiger partial charge in [0.15, 0.2) is 0 Å². The maximum atomic E-state index is 12.7.